The molecule has 0 bridgehead atoms. The summed E-state index contributed by atoms with van der Waals surface area (Å²) in [6, 6.07) is 1.52. The van der Waals surface area contributed by atoms with Crippen molar-refractivity contribution in [3.8, 4) is 0 Å². The predicted molar refractivity (Wildman–Crippen MR) is 76.5 cm³/mol. The smallest absolute Gasteiger partial charge is 0.00823 e. The van der Waals surface area contributed by atoms with Crippen molar-refractivity contribution in [2.75, 3.05) is 19.6 Å². The molecule has 2 unspecified atom stereocenters. The molecule has 0 aromatic carbocycles. The van der Waals surface area contributed by atoms with E-state index >= 15 is 0 Å². The van der Waals surface area contributed by atoms with Gasteiger partial charge in [-0.25, -0.2) is 0 Å². The Balaban J connectivity index is 2.29. The second-order valence-corrected chi connectivity index (χ2v) is 5.53. The van der Waals surface area contributed by atoms with Crippen molar-refractivity contribution in [1.29, 1.82) is 0 Å². The molecule has 1 N–H and O–H groups in total. The molecular formula is C15H32N2. The van der Waals surface area contributed by atoms with Gasteiger partial charge in [0.15, 0.2) is 0 Å². The van der Waals surface area contributed by atoms with Crippen LogP contribution in [-0.4, -0.2) is 36.6 Å². The second kappa shape index (κ2) is 8.93. The van der Waals surface area contributed by atoms with Crippen molar-refractivity contribution in [2.24, 2.45) is 0 Å². The van der Waals surface area contributed by atoms with Crippen molar-refractivity contribution < 1.29 is 0 Å². The van der Waals surface area contributed by atoms with E-state index in [1.165, 1.54) is 64.6 Å². The van der Waals surface area contributed by atoms with Gasteiger partial charge in [0.2, 0.25) is 0 Å². The van der Waals surface area contributed by atoms with E-state index in [9.17, 15) is 0 Å². The maximum atomic E-state index is 3.88. The summed E-state index contributed by atoms with van der Waals surface area (Å²) in [5, 5.41) is 3.88. The lowest BCUT2D eigenvalue weighted by atomic mass is 10.0. The van der Waals surface area contributed by atoms with E-state index < -0.39 is 0 Å². The van der Waals surface area contributed by atoms with E-state index in [1.807, 2.05) is 0 Å². The molecule has 0 radical (unpaired) electrons. The highest BCUT2D eigenvalue weighted by atomic mass is 15.1. The van der Waals surface area contributed by atoms with Crippen molar-refractivity contribution in [3.05, 3.63) is 0 Å². The predicted octanol–water partition coefficient (Wildman–Crippen LogP) is 3.42. The normalized spacial score (nSPS) is 24.5. The molecule has 102 valence electrons. The van der Waals surface area contributed by atoms with E-state index in [4.69, 9.17) is 0 Å². The first-order chi connectivity index (χ1) is 8.30. The van der Waals surface area contributed by atoms with Gasteiger partial charge in [0.05, 0.1) is 0 Å². The van der Waals surface area contributed by atoms with Crippen LogP contribution in [0.5, 0.6) is 0 Å². The highest BCUT2D eigenvalue weighted by Gasteiger charge is 2.18. The van der Waals surface area contributed by atoms with Crippen LogP contribution in [0.4, 0.5) is 0 Å². The number of hydrogen-bond acceptors (Lipinski definition) is 2. The van der Waals surface area contributed by atoms with Crippen molar-refractivity contribution in [1.82, 2.24) is 10.2 Å². The number of hydrogen-bond donors (Lipinski definition) is 1. The summed E-state index contributed by atoms with van der Waals surface area (Å²) in [6.45, 7) is 10.8. The van der Waals surface area contributed by atoms with Crippen LogP contribution in [0, 0.1) is 0 Å². The van der Waals surface area contributed by atoms with E-state index in [0.717, 1.165) is 12.1 Å². The first kappa shape index (κ1) is 15.0. The molecule has 2 atom stereocenters. The van der Waals surface area contributed by atoms with Crippen molar-refractivity contribution >= 4 is 0 Å². The molecular weight excluding hydrogens is 208 g/mol. The molecule has 0 spiro atoms. The molecule has 2 heteroatoms. The van der Waals surface area contributed by atoms with Gasteiger partial charge in [-0.15, -0.1) is 0 Å². The molecule has 0 saturated carbocycles. The Kier molecular flexibility index (Phi) is 7.87. The number of likely N-dealkylation sites (tertiary alicyclic amines) is 1. The van der Waals surface area contributed by atoms with Crippen molar-refractivity contribution in [2.45, 2.75) is 77.8 Å². The third-order valence-corrected chi connectivity index (χ3v) is 3.96. The minimum Gasteiger partial charge on any atom is -0.311 e. The van der Waals surface area contributed by atoms with E-state index in [-0.39, 0.29) is 0 Å². The second-order valence-electron chi connectivity index (χ2n) is 5.53. The highest BCUT2D eigenvalue weighted by Crippen LogP contribution is 2.13. The first-order valence-corrected chi connectivity index (χ1v) is 7.78. The Morgan fingerprint density at radius 3 is 2.59 bits per heavy atom. The molecule has 1 aliphatic heterocycles. The lowest BCUT2D eigenvalue weighted by Crippen LogP contribution is -2.38. The van der Waals surface area contributed by atoms with Gasteiger partial charge in [0, 0.05) is 12.1 Å². The van der Waals surface area contributed by atoms with Gasteiger partial charge < -0.3 is 10.2 Å². The zero-order chi connectivity index (χ0) is 12.5. The molecule has 0 aromatic rings. The lowest BCUT2D eigenvalue weighted by Gasteiger charge is -2.24. The molecule has 1 heterocycles. The monoisotopic (exact) mass is 240 g/mol. The Morgan fingerprint density at radius 1 is 1.12 bits per heavy atom. The van der Waals surface area contributed by atoms with Gasteiger partial charge in [0.1, 0.15) is 0 Å². The molecule has 0 amide bonds. The SMILES string of the molecule is CCCC(CC)NC1CCCN(CCC)CC1. The van der Waals surface area contributed by atoms with Gasteiger partial charge in [0.25, 0.3) is 0 Å². The maximum Gasteiger partial charge on any atom is 0.00823 e. The Labute approximate surface area is 108 Å². The van der Waals surface area contributed by atoms with Crippen LogP contribution >= 0.6 is 0 Å². The van der Waals surface area contributed by atoms with Crippen LogP contribution in [0.1, 0.15) is 65.7 Å². The van der Waals surface area contributed by atoms with Gasteiger partial charge in [-0.3, -0.25) is 0 Å². The topological polar surface area (TPSA) is 15.3 Å². The van der Waals surface area contributed by atoms with E-state index in [2.05, 4.69) is 31.0 Å². The minimum absolute atomic E-state index is 0.753. The summed E-state index contributed by atoms with van der Waals surface area (Å²) in [4.78, 5) is 2.64. The lowest BCUT2D eigenvalue weighted by molar-refractivity contribution is 0.280. The van der Waals surface area contributed by atoms with Gasteiger partial charge >= 0.3 is 0 Å². The Morgan fingerprint density at radius 2 is 1.94 bits per heavy atom. The standard InChI is InChI=1S/C15H32N2/c1-4-8-14(6-3)16-15-9-7-12-17(11-5-2)13-10-15/h14-16H,4-13H2,1-3H3. The highest BCUT2D eigenvalue weighted by molar-refractivity contribution is 4.78. The molecule has 1 aliphatic rings. The average molecular weight is 240 g/mol. The number of rotatable bonds is 7. The summed E-state index contributed by atoms with van der Waals surface area (Å²) in [5.74, 6) is 0. The van der Waals surface area contributed by atoms with Crippen LogP contribution in [0.15, 0.2) is 0 Å². The summed E-state index contributed by atoms with van der Waals surface area (Å²) < 4.78 is 0. The quantitative estimate of drug-likeness (QED) is 0.733. The van der Waals surface area contributed by atoms with Crippen LogP contribution < -0.4 is 5.32 Å². The zero-order valence-electron chi connectivity index (χ0n) is 12.2. The summed E-state index contributed by atoms with van der Waals surface area (Å²) >= 11 is 0. The van der Waals surface area contributed by atoms with E-state index in [0.29, 0.717) is 0 Å². The number of nitrogens with zero attached hydrogens (tertiary/aromatic N) is 1. The first-order valence-electron chi connectivity index (χ1n) is 7.78. The fourth-order valence-corrected chi connectivity index (χ4v) is 2.95. The van der Waals surface area contributed by atoms with Crippen LogP contribution in [-0.2, 0) is 0 Å². The van der Waals surface area contributed by atoms with Crippen LogP contribution in [0.2, 0.25) is 0 Å². The third kappa shape index (κ3) is 5.87. The molecule has 2 nitrogen and oxygen atoms in total. The summed E-state index contributed by atoms with van der Waals surface area (Å²) in [6.07, 6.45) is 9.32. The fraction of sp³-hybridized carbons (Fsp3) is 1.00. The summed E-state index contributed by atoms with van der Waals surface area (Å²) in [7, 11) is 0. The number of nitrogens with one attached hydrogen (secondary N) is 1. The van der Waals surface area contributed by atoms with Gasteiger partial charge in [-0.05, 0) is 58.2 Å². The molecule has 17 heavy (non-hydrogen) atoms. The average Bonchev–Trinajstić information content (AvgIpc) is 2.55. The van der Waals surface area contributed by atoms with E-state index in [1.54, 1.807) is 0 Å². The van der Waals surface area contributed by atoms with Crippen LogP contribution in [0.25, 0.3) is 0 Å². The summed E-state index contributed by atoms with van der Waals surface area (Å²) in [5.41, 5.74) is 0. The fourth-order valence-electron chi connectivity index (χ4n) is 2.95. The largest absolute Gasteiger partial charge is 0.311 e. The molecule has 1 fully saturated rings. The Hall–Kier alpha value is -0.0800. The Bertz CT molecular complexity index is 182. The van der Waals surface area contributed by atoms with Gasteiger partial charge in [-0.1, -0.05) is 27.2 Å². The third-order valence-electron chi connectivity index (χ3n) is 3.96. The van der Waals surface area contributed by atoms with Crippen molar-refractivity contribution in [3.63, 3.8) is 0 Å². The molecule has 1 rings (SSSR count). The molecule has 0 aliphatic carbocycles. The molecule has 0 aromatic heterocycles. The maximum absolute atomic E-state index is 3.88. The molecule has 1 saturated heterocycles. The van der Waals surface area contributed by atoms with Crippen LogP contribution in [0.3, 0.4) is 0 Å². The van der Waals surface area contributed by atoms with Gasteiger partial charge in [-0.2, -0.15) is 0 Å². The minimum atomic E-state index is 0.753. The zero-order valence-corrected chi connectivity index (χ0v) is 12.2.